The number of nitrogen functional groups attached to an aromatic ring is 1. The predicted molar refractivity (Wildman–Crippen MR) is 79.4 cm³/mol. The van der Waals surface area contributed by atoms with Crippen LogP contribution in [0.25, 0.3) is 0 Å². The molecule has 0 aromatic heterocycles. The zero-order valence-electron chi connectivity index (χ0n) is 11.4. The Kier molecular flexibility index (Phi) is 4.70. The molecule has 2 rings (SSSR count). The van der Waals surface area contributed by atoms with Gasteiger partial charge in [-0.1, -0.05) is 31.4 Å². The summed E-state index contributed by atoms with van der Waals surface area (Å²) in [6.45, 7) is 3.89. The molecule has 4 heteroatoms. The van der Waals surface area contributed by atoms with E-state index in [1.165, 1.54) is 12.8 Å². The molecule has 0 bridgehead atoms. The highest BCUT2D eigenvalue weighted by molar-refractivity contribution is 6.34. The van der Waals surface area contributed by atoms with E-state index in [1.54, 1.807) is 18.2 Å². The maximum atomic E-state index is 12.4. The van der Waals surface area contributed by atoms with Crippen molar-refractivity contribution in [1.29, 1.82) is 0 Å². The maximum absolute atomic E-state index is 12.4. The Morgan fingerprint density at radius 3 is 2.68 bits per heavy atom. The van der Waals surface area contributed by atoms with Crippen LogP contribution in [0.2, 0.25) is 5.02 Å². The van der Waals surface area contributed by atoms with Crippen LogP contribution in [-0.2, 0) is 0 Å². The second-order valence-electron chi connectivity index (χ2n) is 5.26. The van der Waals surface area contributed by atoms with Crippen molar-refractivity contribution in [2.75, 3.05) is 18.8 Å². The van der Waals surface area contributed by atoms with Crippen LogP contribution in [0, 0.1) is 5.92 Å². The molecule has 104 valence electrons. The van der Waals surface area contributed by atoms with Gasteiger partial charge in [0.2, 0.25) is 0 Å². The first-order valence-corrected chi connectivity index (χ1v) is 7.34. The van der Waals surface area contributed by atoms with Gasteiger partial charge in [0.25, 0.3) is 5.91 Å². The summed E-state index contributed by atoms with van der Waals surface area (Å²) in [5.41, 5.74) is 6.79. The van der Waals surface area contributed by atoms with Crippen molar-refractivity contribution in [1.82, 2.24) is 4.90 Å². The highest BCUT2D eigenvalue weighted by atomic mass is 35.5. The van der Waals surface area contributed by atoms with Crippen LogP contribution in [0.4, 0.5) is 5.69 Å². The van der Waals surface area contributed by atoms with E-state index in [2.05, 4.69) is 6.92 Å². The molecule has 1 aromatic carbocycles. The third-order valence-corrected chi connectivity index (χ3v) is 4.13. The summed E-state index contributed by atoms with van der Waals surface area (Å²) in [6.07, 6.45) is 4.70. The molecule has 1 heterocycles. The van der Waals surface area contributed by atoms with Gasteiger partial charge in [-0.25, -0.2) is 0 Å². The van der Waals surface area contributed by atoms with Crippen LogP contribution in [0.3, 0.4) is 0 Å². The number of nitrogens with two attached hydrogens (primary N) is 1. The third-order valence-electron chi connectivity index (χ3n) is 3.82. The van der Waals surface area contributed by atoms with Crippen LogP contribution in [0.1, 0.15) is 43.0 Å². The molecule has 0 unspecified atom stereocenters. The van der Waals surface area contributed by atoms with E-state index in [-0.39, 0.29) is 5.91 Å². The number of benzene rings is 1. The maximum Gasteiger partial charge on any atom is 0.255 e. The topological polar surface area (TPSA) is 46.3 Å². The molecule has 1 fully saturated rings. The van der Waals surface area contributed by atoms with Crippen LogP contribution in [0.5, 0.6) is 0 Å². The SMILES string of the molecule is CCCC1CCN(C(=O)c2ccc(N)cc2Cl)CC1. The number of anilines is 1. The number of halogens is 1. The molecular formula is C15H21ClN2O. The van der Waals surface area contributed by atoms with E-state index < -0.39 is 0 Å². The zero-order chi connectivity index (χ0) is 13.8. The van der Waals surface area contributed by atoms with Gasteiger partial charge in [-0.15, -0.1) is 0 Å². The summed E-state index contributed by atoms with van der Waals surface area (Å²) in [5, 5.41) is 0.445. The van der Waals surface area contributed by atoms with Crippen molar-refractivity contribution in [2.45, 2.75) is 32.6 Å². The van der Waals surface area contributed by atoms with Crippen molar-refractivity contribution in [3.63, 3.8) is 0 Å². The number of carbonyl (C=O) groups excluding carboxylic acids is 1. The molecule has 1 amide bonds. The van der Waals surface area contributed by atoms with E-state index in [0.29, 0.717) is 16.3 Å². The minimum Gasteiger partial charge on any atom is -0.399 e. The molecule has 1 aliphatic heterocycles. The van der Waals surface area contributed by atoms with E-state index in [0.717, 1.165) is 31.8 Å². The van der Waals surface area contributed by atoms with Crippen molar-refractivity contribution < 1.29 is 4.79 Å². The normalized spacial score (nSPS) is 16.6. The third kappa shape index (κ3) is 3.41. The summed E-state index contributed by atoms with van der Waals surface area (Å²) in [4.78, 5) is 14.3. The average molecular weight is 281 g/mol. The molecule has 1 saturated heterocycles. The number of hydrogen-bond donors (Lipinski definition) is 1. The van der Waals surface area contributed by atoms with Crippen molar-refractivity contribution in [2.24, 2.45) is 5.92 Å². The Labute approximate surface area is 119 Å². The van der Waals surface area contributed by atoms with Crippen LogP contribution < -0.4 is 5.73 Å². The first-order chi connectivity index (χ1) is 9.11. The summed E-state index contributed by atoms with van der Waals surface area (Å²) in [7, 11) is 0. The van der Waals surface area contributed by atoms with Gasteiger partial charge in [0.05, 0.1) is 10.6 Å². The van der Waals surface area contributed by atoms with Gasteiger partial charge in [-0.3, -0.25) is 4.79 Å². The highest BCUT2D eigenvalue weighted by Gasteiger charge is 2.24. The molecule has 1 aliphatic rings. The minimum absolute atomic E-state index is 0.0277. The fourth-order valence-corrected chi connectivity index (χ4v) is 2.98. The molecule has 19 heavy (non-hydrogen) atoms. The quantitative estimate of drug-likeness (QED) is 0.860. The van der Waals surface area contributed by atoms with Gasteiger partial charge in [0.15, 0.2) is 0 Å². The molecule has 0 saturated carbocycles. The number of piperidine rings is 1. The molecule has 2 N–H and O–H groups in total. The lowest BCUT2D eigenvalue weighted by molar-refractivity contribution is 0.0687. The Morgan fingerprint density at radius 2 is 2.11 bits per heavy atom. The van der Waals surface area contributed by atoms with Gasteiger partial charge in [-0.2, -0.15) is 0 Å². The lowest BCUT2D eigenvalue weighted by Gasteiger charge is -2.32. The Balaban J connectivity index is 2.01. The molecule has 0 aliphatic carbocycles. The highest BCUT2D eigenvalue weighted by Crippen LogP contribution is 2.25. The fraction of sp³-hybridized carbons (Fsp3) is 0.533. The summed E-state index contributed by atoms with van der Waals surface area (Å²) in [6, 6.07) is 5.08. The smallest absolute Gasteiger partial charge is 0.255 e. The Bertz CT molecular complexity index is 453. The van der Waals surface area contributed by atoms with Gasteiger partial charge in [0.1, 0.15) is 0 Å². The molecular weight excluding hydrogens is 260 g/mol. The van der Waals surface area contributed by atoms with E-state index in [1.807, 2.05) is 4.90 Å². The molecule has 0 spiro atoms. The number of rotatable bonds is 3. The second-order valence-corrected chi connectivity index (χ2v) is 5.67. The Morgan fingerprint density at radius 1 is 1.42 bits per heavy atom. The lowest BCUT2D eigenvalue weighted by atomic mass is 9.92. The second kappa shape index (κ2) is 6.29. The Hall–Kier alpha value is -1.22. The number of nitrogens with zero attached hydrogens (tertiary/aromatic N) is 1. The first-order valence-electron chi connectivity index (χ1n) is 6.96. The lowest BCUT2D eigenvalue weighted by Crippen LogP contribution is -2.38. The minimum atomic E-state index is 0.0277. The van der Waals surface area contributed by atoms with Crippen LogP contribution >= 0.6 is 11.6 Å². The summed E-state index contributed by atoms with van der Waals surface area (Å²) in [5.74, 6) is 0.802. The zero-order valence-corrected chi connectivity index (χ0v) is 12.1. The van der Waals surface area contributed by atoms with E-state index >= 15 is 0 Å². The van der Waals surface area contributed by atoms with Crippen LogP contribution in [-0.4, -0.2) is 23.9 Å². The summed E-state index contributed by atoms with van der Waals surface area (Å²) >= 11 is 6.09. The molecule has 0 atom stereocenters. The largest absolute Gasteiger partial charge is 0.399 e. The molecule has 0 radical (unpaired) electrons. The molecule has 3 nitrogen and oxygen atoms in total. The van der Waals surface area contributed by atoms with Crippen molar-refractivity contribution in [3.8, 4) is 0 Å². The fourth-order valence-electron chi connectivity index (χ4n) is 2.71. The molecule has 1 aromatic rings. The van der Waals surface area contributed by atoms with Crippen molar-refractivity contribution >= 4 is 23.2 Å². The number of likely N-dealkylation sites (tertiary alicyclic amines) is 1. The van der Waals surface area contributed by atoms with Crippen LogP contribution in [0.15, 0.2) is 18.2 Å². The average Bonchev–Trinajstić information content (AvgIpc) is 2.39. The van der Waals surface area contributed by atoms with Gasteiger partial charge in [0, 0.05) is 18.8 Å². The predicted octanol–water partition coefficient (Wildman–Crippen LogP) is 3.57. The van der Waals surface area contributed by atoms with E-state index in [4.69, 9.17) is 17.3 Å². The van der Waals surface area contributed by atoms with Gasteiger partial charge < -0.3 is 10.6 Å². The monoisotopic (exact) mass is 280 g/mol. The summed E-state index contributed by atoms with van der Waals surface area (Å²) < 4.78 is 0. The number of hydrogen-bond acceptors (Lipinski definition) is 2. The first kappa shape index (κ1) is 14.2. The standard InChI is InChI=1S/C15H21ClN2O/c1-2-3-11-6-8-18(9-7-11)15(19)13-5-4-12(17)10-14(13)16/h4-5,10-11H,2-3,6-9,17H2,1H3. The van der Waals surface area contributed by atoms with Gasteiger partial charge in [-0.05, 0) is 37.0 Å². The number of carbonyl (C=O) groups is 1. The van der Waals surface area contributed by atoms with Gasteiger partial charge >= 0.3 is 0 Å². The van der Waals surface area contributed by atoms with Crippen molar-refractivity contribution in [3.05, 3.63) is 28.8 Å². The number of amides is 1. The van der Waals surface area contributed by atoms with E-state index in [9.17, 15) is 4.79 Å².